The van der Waals surface area contributed by atoms with Crippen LogP contribution in [0.1, 0.15) is 30.4 Å². The summed E-state index contributed by atoms with van der Waals surface area (Å²) in [6, 6.07) is 5.46. The van der Waals surface area contributed by atoms with E-state index in [4.69, 9.17) is 17.3 Å². The molecule has 2 aromatic rings. The second kappa shape index (κ2) is 5.02. The summed E-state index contributed by atoms with van der Waals surface area (Å²) in [7, 11) is 0. The summed E-state index contributed by atoms with van der Waals surface area (Å²) in [4.78, 5) is 12.7. The molecule has 0 aliphatic rings. The highest BCUT2D eigenvalue weighted by Crippen LogP contribution is 2.35. The number of fused-ring (bicyclic) bond motifs is 1. The van der Waals surface area contributed by atoms with Gasteiger partial charge in [-0.15, -0.1) is 11.3 Å². The van der Waals surface area contributed by atoms with Gasteiger partial charge in [0.25, 0.3) is 5.91 Å². The number of rotatable bonds is 2. The van der Waals surface area contributed by atoms with Crippen molar-refractivity contribution in [3.8, 4) is 0 Å². The molecular weight excluding hydrogens is 280 g/mol. The van der Waals surface area contributed by atoms with E-state index >= 15 is 0 Å². The summed E-state index contributed by atoms with van der Waals surface area (Å²) in [5.74, 6) is -0.121. The minimum atomic E-state index is -0.121. The first-order valence-corrected chi connectivity index (χ1v) is 7.23. The molecule has 0 atom stereocenters. The number of carbonyl (C=O) groups is 1. The summed E-state index contributed by atoms with van der Waals surface area (Å²) in [6.07, 6.45) is 0. The van der Waals surface area contributed by atoms with Gasteiger partial charge in [-0.25, -0.2) is 0 Å². The van der Waals surface area contributed by atoms with Gasteiger partial charge >= 0.3 is 0 Å². The largest absolute Gasteiger partial charge is 0.397 e. The number of thiophene rings is 1. The average molecular weight is 297 g/mol. The highest BCUT2D eigenvalue weighted by atomic mass is 35.5. The number of hydrogen-bond donors (Lipinski definition) is 2. The van der Waals surface area contributed by atoms with Gasteiger partial charge in [-0.05, 0) is 23.6 Å². The molecule has 19 heavy (non-hydrogen) atoms. The summed E-state index contributed by atoms with van der Waals surface area (Å²) in [6.45, 7) is 6.82. The van der Waals surface area contributed by atoms with Crippen molar-refractivity contribution in [1.82, 2.24) is 5.32 Å². The van der Waals surface area contributed by atoms with Crippen molar-refractivity contribution >= 4 is 44.6 Å². The maximum Gasteiger partial charge on any atom is 0.263 e. The molecule has 1 aromatic heterocycles. The number of carbonyl (C=O) groups excluding carboxylic acids is 1. The first-order chi connectivity index (χ1) is 8.78. The minimum Gasteiger partial charge on any atom is -0.397 e. The van der Waals surface area contributed by atoms with Gasteiger partial charge < -0.3 is 11.1 Å². The van der Waals surface area contributed by atoms with Crippen LogP contribution in [0.5, 0.6) is 0 Å². The molecule has 3 nitrogen and oxygen atoms in total. The van der Waals surface area contributed by atoms with Gasteiger partial charge in [0.05, 0.1) is 5.69 Å². The standard InChI is InChI=1S/C14H17ClN2OS/c1-14(2,3)7-17-13(18)12-11(16)9-5-4-8(15)6-10(9)19-12/h4-6H,7,16H2,1-3H3,(H,17,18). The fourth-order valence-corrected chi connectivity index (χ4v) is 3.00. The van der Waals surface area contributed by atoms with Gasteiger partial charge in [-0.1, -0.05) is 32.4 Å². The van der Waals surface area contributed by atoms with Crippen LogP contribution in [0.15, 0.2) is 18.2 Å². The van der Waals surface area contributed by atoms with E-state index < -0.39 is 0 Å². The van der Waals surface area contributed by atoms with E-state index in [1.165, 1.54) is 11.3 Å². The number of amides is 1. The van der Waals surface area contributed by atoms with Crippen molar-refractivity contribution in [3.63, 3.8) is 0 Å². The Kier molecular flexibility index (Phi) is 3.74. The fourth-order valence-electron chi connectivity index (χ4n) is 1.68. The van der Waals surface area contributed by atoms with Gasteiger partial charge in [0.1, 0.15) is 4.88 Å². The second-order valence-electron chi connectivity index (χ2n) is 5.73. The van der Waals surface area contributed by atoms with Gasteiger partial charge in [0.2, 0.25) is 0 Å². The Bertz CT molecular complexity index is 628. The van der Waals surface area contributed by atoms with E-state index in [1.807, 2.05) is 12.1 Å². The van der Waals surface area contributed by atoms with Crippen LogP contribution >= 0.6 is 22.9 Å². The molecule has 0 saturated heterocycles. The molecule has 0 unspecified atom stereocenters. The molecular formula is C14H17ClN2OS. The van der Waals surface area contributed by atoms with Crippen LogP contribution in [-0.4, -0.2) is 12.5 Å². The van der Waals surface area contributed by atoms with Crippen LogP contribution in [0.25, 0.3) is 10.1 Å². The summed E-state index contributed by atoms with van der Waals surface area (Å²) in [5.41, 5.74) is 6.61. The zero-order valence-corrected chi connectivity index (χ0v) is 12.8. The molecule has 3 N–H and O–H groups in total. The Balaban J connectivity index is 2.30. The first kappa shape index (κ1) is 14.2. The Labute approximate surface area is 121 Å². The Hall–Kier alpha value is -1.26. The van der Waals surface area contributed by atoms with Crippen molar-refractivity contribution in [3.05, 3.63) is 28.1 Å². The first-order valence-electron chi connectivity index (χ1n) is 6.04. The minimum absolute atomic E-state index is 0.0460. The number of hydrogen-bond acceptors (Lipinski definition) is 3. The molecule has 1 heterocycles. The molecule has 1 amide bonds. The second-order valence-corrected chi connectivity index (χ2v) is 7.22. The van der Waals surface area contributed by atoms with Crippen molar-refractivity contribution in [2.75, 3.05) is 12.3 Å². The van der Waals surface area contributed by atoms with E-state index in [1.54, 1.807) is 6.07 Å². The lowest BCUT2D eigenvalue weighted by molar-refractivity contribution is 0.0944. The third kappa shape index (κ3) is 3.19. The maximum atomic E-state index is 12.2. The maximum absolute atomic E-state index is 12.2. The van der Waals surface area contributed by atoms with Gasteiger partial charge in [0.15, 0.2) is 0 Å². The van der Waals surface area contributed by atoms with E-state index in [-0.39, 0.29) is 11.3 Å². The molecule has 2 rings (SSSR count). The van der Waals surface area contributed by atoms with Crippen LogP contribution < -0.4 is 11.1 Å². The van der Waals surface area contributed by atoms with Gasteiger partial charge in [-0.3, -0.25) is 4.79 Å². The van der Waals surface area contributed by atoms with Crippen molar-refractivity contribution in [1.29, 1.82) is 0 Å². The molecule has 0 aliphatic heterocycles. The lowest BCUT2D eigenvalue weighted by Gasteiger charge is -2.18. The van der Waals surface area contributed by atoms with Crippen LogP contribution in [-0.2, 0) is 0 Å². The Morgan fingerprint density at radius 2 is 2.11 bits per heavy atom. The quantitative estimate of drug-likeness (QED) is 0.882. The van der Waals surface area contributed by atoms with Gasteiger partial charge in [0, 0.05) is 21.7 Å². The fraction of sp³-hybridized carbons (Fsp3) is 0.357. The smallest absolute Gasteiger partial charge is 0.263 e. The van der Waals surface area contributed by atoms with E-state index in [0.29, 0.717) is 22.1 Å². The summed E-state index contributed by atoms with van der Waals surface area (Å²) < 4.78 is 0.936. The zero-order valence-electron chi connectivity index (χ0n) is 11.2. The average Bonchev–Trinajstić information content (AvgIpc) is 2.62. The highest BCUT2D eigenvalue weighted by Gasteiger charge is 2.18. The van der Waals surface area contributed by atoms with Crippen molar-refractivity contribution < 1.29 is 4.79 Å². The number of nitrogen functional groups attached to an aromatic ring is 1. The van der Waals surface area contributed by atoms with Crippen LogP contribution in [0.4, 0.5) is 5.69 Å². The van der Waals surface area contributed by atoms with Crippen LogP contribution in [0, 0.1) is 5.41 Å². The summed E-state index contributed by atoms with van der Waals surface area (Å²) in [5, 5.41) is 4.45. The molecule has 0 aliphatic carbocycles. The number of halogens is 1. The molecule has 0 fully saturated rings. The van der Waals surface area contributed by atoms with E-state index in [0.717, 1.165) is 10.1 Å². The predicted molar refractivity (Wildman–Crippen MR) is 83.0 cm³/mol. The SMILES string of the molecule is CC(C)(C)CNC(=O)c1sc2cc(Cl)ccc2c1N. The predicted octanol–water partition coefficient (Wildman–Crippen LogP) is 3.91. The number of nitrogens with two attached hydrogens (primary N) is 1. The number of anilines is 1. The third-order valence-corrected chi connectivity index (χ3v) is 4.08. The monoisotopic (exact) mass is 296 g/mol. The number of benzene rings is 1. The lowest BCUT2D eigenvalue weighted by atomic mass is 9.97. The third-order valence-electron chi connectivity index (χ3n) is 2.68. The summed E-state index contributed by atoms with van der Waals surface area (Å²) >= 11 is 7.32. The molecule has 0 spiro atoms. The van der Waals surface area contributed by atoms with Gasteiger partial charge in [-0.2, -0.15) is 0 Å². The topological polar surface area (TPSA) is 55.1 Å². The highest BCUT2D eigenvalue weighted by molar-refractivity contribution is 7.21. The van der Waals surface area contributed by atoms with Crippen molar-refractivity contribution in [2.24, 2.45) is 5.41 Å². The normalized spacial score (nSPS) is 11.8. The molecule has 1 aromatic carbocycles. The zero-order chi connectivity index (χ0) is 14.2. The number of nitrogens with one attached hydrogen (secondary N) is 1. The molecule has 0 radical (unpaired) electrons. The van der Waals surface area contributed by atoms with E-state index in [2.05, 4.69) is 26.1 Å². The van der Waals surface area contributed by atoms with E-state index in [9.17, 15) is 4.79 Å². The molecule has 5 heteroatoms. The lowest BCUT2D eigenvalue weighted by Crippen LogP contribution is -2.32. The molecule has 0 saturated carbocycles. The van der Waals surface area contributed by atoms with Crippen LogP contribution in [0.2, 0.25) is 5.02 Å². The molecule has 0 bridgehead atoms. The Morgan fingerprint density at radius 3 is 2.74 bits per heavy atom. The Morgan fingerprint density at radius 1 is 1.42 bits per heavy atom. The van der Waals surface area contributed by atoms with Crippen molar-refractivity contribution in [2.45, 2.75) is 20.8 Å². The molecule has 102 valence electrons. The van der Waals surface area contributed by atoms with Crippen LogP contribution in [0.3, 0.4) is 0 Å².